The average molecular weight is 275 g/mol. The zero-order valence-electron chi connectivity index (χ0n) is 11.9. The highest BCUT2D eigenvalue weighted by molar-refractivity contribution is 5.94. The molecule has 20 heavy (non-hydrogen) atoms. The van der Waals surface area contributed by atoms with Crippen LogP contribution in [0, 0.1) is 0 Å². The van der Waals surface area contributed by atoms with Gasteiger partial charge in [0, 0.05) is 11.6 Å². The van der Waals surface area contributed by atoms with E-state index in [4.69, 9.17) is 10.5 Å². The summed E-state index contributed by atoms with van der Waals surface area (Å²) in [5, 5.41) is 2.87. The van der Waals surface area contributed by atoms with Crippen LogP contribution in [0.5, 0.6) is 0 Å². The third-order valence-electron chi connectivity index (χ3n) is 3.14. The van der Waals surface area contributed by atoms with E-state index in [1.165, 1.54) is 5.56 Å². The molecule has 0 saturated carbocycles. The monoisotopic (exact) mass is 275 g/mol. The van der Waals surface area contributed by atoms with E-state index in [1.807, 2.05) is 38.1 Å². The Bertz CT molecular complexity index is 494. The summed E-state index contributed by atoms with van der Waals surface area (Å²) in [6.07, 6.45) is 1.80. The van der Waals surface area contributed by atoms with Gasteiger partial charge in [0.1, 0.15) is 6.61 Å². The van der Waals surface area contributed by atoms with E-state index in [0.29, 0.717) is 12.2 Å². The molecular formula is C15H21N3O2. The summed E-state index contributed by atoms with van der Waals surface area (Å²) in [4.78, 5) is 16.0. The fourth-order valence-corrected chi connectivity index (χ4v) is 2.09. The first-order valence-electron chi connectivity index (χ1n) is 6.90. The van der Waals surface area contributed by atoms with E-state index < -0.39 is 0 Å². The van der Waals surface area contributed by atoms with E-state index in [-0.39, 0.29) is 24.0 Å². The Morgan fingerprint density at radius 2 is 2.15 bits per heavy atom. The summed E-state index contributed by atoms with van der Waals surface area (Å²) in [6, 6.07) is 8.27. The Morgan fingerprint density at radius 3 is 2.70 bits per heavy atom. The number of aliphatic imine (C=N–C) groups is 1. The summed E-state index contributed by atoms with van der Waals surface area (Å²) in [6.45, 7) is 4.46. The second-order valence-electron chi connectivity index (χ2n) is 5.30. The van der Waals surface area contributed by atoms with Gasteiger partial charge in [-0.25, -0.2) is 4.99 Å². The van der Waals surface area contributed by atoms with Crippen molar-refractivity contribution in [1.29, 1.82) is 0 Å². The van der Waals surface area contributed by atoms with Crippen molar-refractivity contribution < 1.29 is 9.53 Å². The highest BCUT2D eigenvalue weighted by atomic mass is 16.5. The number of ether oxygens (including phenoxy) is 1. The molecule has 1 aromatic rings. The fourth-order valence-electron chi connectivity index (χ4n) is 2.09. The minimum atomic E-state index is -0.0342. The number of hydrogen-bond acceptors (Lipinski definition) is 4. The first-order chi connectivity index (χ1) is 9.54. The van der Waals surface area contributed by atoms with Crippen LogP contribution in [-0.4, -0.2) is 30.6 Å². The molecule has 1 aromatic carbocycles. The molecule has 3 N–H and O–H groups in total. The highest BCUT2D eigenvalue weighted by Crippen LogP contribution is 2.12. The number of nitrogens with one attached hydrogen (secondary N) is 1. The number of amidine groups is 1. The number of aryl methyl sites for hydroxylation is 1. The van der Waals surface area contributed by atoms with Gasteiger partial charge in [0.15, 0.2) is 0 Å². The van der Waals surface area contributed by atoms with Crippen molar-refractivity contribution in [3.8, 4) is 0 Å². The first-order valence-corrected chi connectivity index (χ1v) is 6.90. The third-order valence-corrected chi connectivity index (χ3v) is 3.14. The molecule has 5 nitrogen and oxygen atoms in total. The van der Waals surface area contributed by atoms with Gasteiger partial charge in [0.2, 0.25) is 0 Å². The van der Waals surface area contributed by atoms with Gasteiger partial charge in [0.25, 0.3) is 11.9 Å². The highest BCUT2D eigenvalue weighted by Gasteiger charge is 2.16. The van der Waals surface area contributed by atoms with E-state index in [0.717, 1.165) is 12.8 Å². The van der Waals surface area contributed by atoms with Crippen molar-refractivity contribution in [2.24, 2.45) is 10.7 Å². The summed E-state index contributed by atoms with van der Waals surface area (Å²) >= 11 is 0. The standard InChI is InChI=1S/C15H21N3O2/c1-10(2)17-14(19)12-6-3-11(4-7-12)5-8-13-9-20-15(16)18-13/h3-4,6-7,10,13H,5,8-9H2,1-2H3,(H2,16,18)(H,17,19)/t13-/m0/s1. The lowest BCUT2D eigenvalue weighted by molar-refractivity contribution is 0.0943. The van der Waals surface area contributed by atoms with E-state index in [2.05, 4.69) is 10.3 Å². The number of rotatable bonds is 5. The number of nitrogens with zero attached hydrogens (tertiary/aromatic N) is 1. The van der Waals surface area contributed by atoms with Gasteiger partial charge >= 0.3 is 0 Å². The smallest absolute Gasteiger partial charge is 0.282 e. The Balaban J connectivity index is 1.87. The van der Waals surface area contributed by atoms with Gasteiger partial charge in [-0.15, -0.1) is 0 Å². The number of benzene rings is 1. The van der Waals surface area contributed by atoms with Crippen molar-refractivity contribution in [1.82, 2.24) is 5.32 Å². The molecule has 1 aliphatic rings. The van der Waals surface area contributed by atoms with Gasteiger partial charge in [-0.05, 0) is 44.4 Å². The number of carbonyl (C=O) groups excluding carboxylic acids is 1. The summed E-state index contributed by atoms with van der Waals surface area (Å²) in [5.41, 5.74) is 7.35. The summed E-state index contributed by atoms with van der Waals surface area (Å²) in [5.74, 6) is -0.0342. The molecule has 0 aliphatic carbocycles. The molecule has 0 spiro atoms. The predicted molar refractivity (Wildman–Crippen MR) is 78.7 cm³/mol. The van der Waals surface area contributed by atoms with Crippen molar-refractivity contribution in [2.45, 2.75) is 38.8 Å². The molecule has 5 heteroatoms. The minimum absolute atomic E-state index is 0.0342. The van der Waals surface area contributed by atoms with Crippen LogP contribution in [0.1, 0.15) is 36.2 Å². The number of nitrogens with two attached hydrogens (primary N) is 1. The molecule has 1 heterocycles. The quantitative estimate of drug-likeness (QED) is 0.854. The number of carbonyl (C=O) groups is 1. The lowest BCUT2D eigenvalue weighted by atomic mass is 10.0. The molecule has 0 fully saturated rings. The Kier molecular flexibility index (Phi) is 4.61. The SMILES string of the molecule is CC(C)NC(=O)c1ccc(CC[C@H]2COC(N)=N2)cc1. The minimum Gasteiger partial charge on any atom is -0.463 e. The van der Waals surface area contributed by atoms with Gasteiger partial charge in [0.05, 0.1) is 6.04 Å². The molecule has 0 radical (unpaired) electrons. The maximum absolute atomic E-state index is 11.8. The Hall–Kier alpha value is -2.04. The normalized spacial score (nSPS) is 17.8. The van der Waals surface area contributed by atoms with Gasteiger partial charge < -0.3 is 15.8 Å². The molecule has 0 bridgehead atoms. The average Bonchev–Trinajstić information content (AvgIpc) is 2.82. The largest absolute Gasteiger partial charge is 0.463 e. The lowest BCUT2D eigenvalue weighted by Crippen LogP contribution is -2.29. The topological polar surface area (TPSA) is 76.7 Å². The van der Waals surface area contributed by atoms with Crippen LogP contribution in [0.2, 0.25) is 0 Å². The van der Waals surface area contributed by atoms with Crippen molar-refractivity contribution >= 4 is 11.9 Å². The Labute approximate surface area is 119 Å². The van der Waals surface area contributed by atoms with E-state index in [9.17, 15) is 4.79 Å². The maximum Gasteiger partial charge on any atom is 0.282 e. The van der Waals surface area contributed by atoms with Crippen LogP contribution in [0.25, 0.3) is 0 Å². The molecule has 2 rings (SSSR count). The van der Waals surface area contributed by atoms with Gasteiger partial charge in [-0.1, -0.05) is 12.1 Å². The number of hydrogen-bond donors (Lipinski definition) is 2. The zero-order chi connectivity index (χ0) is 14.5. The molecule has 1 aliphatic heterocycles. The van der Waals surface area contributed by atoms with Crippen LogP contribution in [-0.2, 0) is 11.2 Å². The second-order valence-corrected chi connectivity index (χ2v) is 5.30. The molecular weight excluding hydrogens is 254 g/mol. The second kappa shape index (κ2) is 6.41. The maximum atomic E-state index is 11.8. The van der Waals surface area contributed by atoms with Crippen molar-refractivity contribution in [2.75, 3.05) is 6.61 Å². The molecule has 1 amide bonds. The van der Waals surface area contributed by atoms with Gasteiger partial charge in [-0.3, -0.25) is 4.79 Å². The lowest BCUT2D eigenvalue weighted by Gasteiger charge is -2.09. The molecule has 0 aromatic heterocycles. The molecule has 108 valence electrons. The van der Waals surface area contributed by atoms with Crippen LogP contribution in [0.15, 0.2) is 29.3 Å². The van der Waals surface area contributed by atoms with Crippen LogP contribution < -0.4 is 11.1 Å². The number of amides is 1. The van der Waals surface area contributed by atoms with Crippen LogP contribution in [0.3, 0.4) is 0 Å². The molecule has 0 unspecified atom stereocenters. The molecule has 0 saturated heterocycles. The summed E-state index contributed by atoms with van der Waals surface area (Å²) < 4.78 is 5.12. The van der Waals surface area contributed by atoms with Gasteiger partial charge in [-0.2, -0.15) is 0 Å². The van der Waals surface area contributed by atoms with Crippen LogP contribution in [0.4, 0.5) is 0 Å². The van der Waals surface area contributed by atoms with Crippen LogP contribution >= 0.6 is 0 Å². The third kappa shape index (κ3) is 3.98. The van der Waals surface area contributed by atoms with Crippen molar-refractivity contribution in [3.05, 3.63) is 35.4 Å². The Morgan fingerprint density at radius 1 is 1.45 bits per heavy atom. The molecule has 1 atom stereocenters. The zero-order valence-corrected chi connectivity index (χ0v) is 11.9. The van der Waals surface area contributed by atoms with E-state index >= 15 is 0 Å². The predicted octanol–water partition coefficient (Wildman–Crippen LogP) is 1.47. The van der Waals surface area contributed by atoms with Crippen molar-refractivity contribution in [3.63, 3.8) is 0 Å². The van der Waals surface area contributed by atoms with E-state index in [1.54, 1.807) is 0 Å². The fraction of sp³-hybridized carbons (Fsp3) is 0.467. The first kappa shape index (κ1) is 14.4. The summed E-state index contributed by atoms with van der Waals surface area (Å²) in [7, 11) is 0.